The van der Waals surface area contributed by atoms with Gasteiger partial charge >= 0.3 is 0 Å². The van der Waals surface area contributed by atoms with Crippen LogP contribution in [0, 0.1) is 0 Å². The Bertz CT molecular complexity index is 1000. The third-order valence-electron chi connectivity index (χ3n) is 5.83. The molecule has 0 radical (unpaired) electrons. The molecule has 30 heavy (non-hydrogen) atoms. The van der Waals surface area contributed by atoms with Crippen LogP contribution in [0.4, 0.5) is 5.69 Å². The number of rotatable bonds is 7. The van der Waals surface area contributed by atoms with Crippen LogP contribution in [0.1, 0.15) is 41.8 Å². The van der Waals surface area contributed by atoms with E-state index in [0.29, 0.717) is 13.2 Å². The first kappa shape index (κ1) is 20.0. The number of carbonyl (C=O) groups is 1. The van der Waals surface area contributed by atoms with E-state index in [1.807, 2.05) is 66.4 Å². The zero-order valence-corrected chi connectivity index (χ0v) is 17.6. The number of nitrogens with zero attached hydrogens (tertiary/aromatic N) is 1. The molecule has 0 spiro atoms. The predicted molar refractivity (Wildman–Crippen MR) is 121 cm³/mol. The normalized spacial score (nSPS) is 17.9. The summed E-state index contributed by atoms with van der Waals surface area (Å²) in [6.45, 7) is 5.36. The molecule has 154 valence electrons. The van der Waals surface area contributed by atoms with Crippen LogP contribution in [0.25, 0.3) is 0 Å². The number of hydrogen-bond donors (Lipinski definition) is 1. The summed E-state index contributed by atoms with van der Waals surface area (Å²) in [7, 11) is 0. The quantitative estimate of drug-likeness (QED) is 0.573. The first-order chi connectivity index (χ1) is 14.7. The zero-order valence-electron chi connectivity index (χ0n) is 17.6. The summed E-state index contributed by atoms with van der Waals surface area (Å²) in [6.07, 6.45) is 1.55. The lowest BCUT2D eigenvalue weighted by Crippen LogP contribution is -2.57. The fraction of sp³-hybridized carbons (Fsp3) is 0.269. The second kappa shape index (κ2) is 8.62. The van der Waals surface area contributed by atoms with Crippen LogP contribution in [0.3, 0.4) is 0 Å². The van der Waals surface area contributed by atoms with Crippen molar-refractivity contribution in [1.82, 2.24) is 4.90 Å². The van der Waals surface area contributed by atoms with Gasteiger partial charge in [0.15, 0.2) is 0 Å². The SMILES string of the molecule is CCOc1ccc(C2(CC)Nc3ccccc3C(=O)N2CCc2ccccc2)cc1. The average molecular weight is 401 g/mol. The smallest absolute Gasteiger partial charge is 0.258 e. The molecule has 4 rings (SSSR count). The number of fused-ring (bicyclic) bond motifs is 1. The first-order valence-corrected chi connectivity index (χ1v) is 10.6. The van der Waals surface area contributed by atoms with Gasteiger partial charge in [0.05, 0.1) is 12.2 Å². The second-order valence-corrected chi connectivity index (χ2v) is 7.53. The van der Waals surface area contributed by atoms with Crippen molar-refractivity contribution in [2.24, 2.45) is 0 Å². The number of ether oxygens (including phenoxy) is 1. The molecule has 3 aromatic carbocycles. The second-order valence-electron chi connectivity index (χ2n) is 7.53. The summed E-state index contributed by atoms with van der Waals surface area (Å²) < 4.78 is 5.62. The van der Waals surface area contributed by atoms with Gasteiger partial charge < -0.3 is 15.0 Å². The lowest BCUT2D eigenvalue weighted by molar-refractivity contribution is 0.0487. The van der Waals surface area contributed by atoms with Crippen molar-refractivity contribution in [3.8, 4) is 5.75 Å². The van der Waals surface area contributed by atoms with E-state index < -0.39 is 5.66 Å². The number of nitrogens with one attached hydrogen (secondary N) is 1. The van der Waals surface area contributed by atoms with Gasteiger partial charge in [0.25, 0.3) is 5.91 Å². The Morgan fingerprint density at radius 2 is 1.60 bits per heavy atom. The minimum atomic E-state index is -0.606. The van der Waals surface area contributed by atoms with Crippen LogP contribution in [-0.4, -0.2) is 24.0 Å². The number of anilines is 1. The van der Waals surface area contributed by atoms with Gasteiger partial charge in [0.2, 0.25) is 0 Å². The molecule has 4 heteroatoms. The number of carbonyl (C=O) groups excluding carboxylic acids is 1. The van der Waals surface area contributed by atoms with Crippen molar-refractivity contribution in [2.45, 2.75) is 32.4 Å². The highest BCUT2D eigenvalue weighted by molar-refractivity contribution is 6.02. The maximum Gasteiger partial charge on any atom is 0.258 e. The van der Waals surface area contributed by atoms with Crippen molar-refractivity contribution in [2.75, 3.05) is 18.5 Å². The molecule has 1 atom stereocenters. The lowest BCUT2D eigenvalue weighted by Gasteiger charge is -2.48. The third kappa shape index (κ3) is 3.65. The Morgan fingerprint density at radius 1 is 0.900 bits per heavy atom. The van der Waals surface area contributed by atoms with E-state index in [-0.39, 0.29) is 5.91 Å². The van der Waals surface area contributed by atoms with E-state index in [1.165, 1.54) is 5.56 Å². The molecule has 0 aliphatic carbocycles. The molecule has 0 saturated carbocycles. The van der Waals surface area contributed by atoms with Crippen LogP contribution in [-0.2, 0) is 12.1 Å². The maximum atomic E-state index is 13.6. The summed E-state index contributed by atoms with van der Waals surface area (Å²) in [5, 5.41) is 3.71. The Labute approximate surface area is 178 Å². The lowest BCUT2D eigenvalue weighted by atomic mass is 9.89. The van der Waals surface area contributed by atoms with Gasteiger partial charge in [-0.15, -0.1) is 0 Å². The topological polar surface area (TPSA) is 41.6 Å². The number of hydrogen-bond acceptors (Lipinski definition) is 3. The van der Waals surface area contributed by atoms with E-state index in [2.05, 4.69) is 36.5 Å². The minimum Gasteiger partial charge on any atom is -0.494 e. The van der Waals surface area contributed by atoms with Gasteiger partial charge in [0, 0.05) is 12.2 Å². The van der Waals surface area contributed by atoms with Crippen LogP contribution in [0.15, 0.2) is 78.9 Å². The van der Waals surface area contributed by atoms with Gasteiger partial charge in [-0.25, -0.2) is 0 Å². The summed E-state index contributed by atoms with van der Waals surface area (Å²) in [4.78, 5) is 15.6. The molecule has 0 saturated heterocycles. The molecule has 1 aliphatic rings. The van der Waals surface area contributed by atoms with E-state index in [4.69, 9.17) is 4.74 Å². The summed E-state index contributed by atoms with van der Waals surface area (Å²) in [5.41, 5.74) is 3.28. The highest BCUT2D eigenvalue weighted by atomic mass is 16.5. The summed E-state index contributed by atoms with van der Waals surface area (Å²) >= 11 is 0. The Hall–Kier alpha value is -3.27. The molecule has 0 aromatic heterocycles. The monoisotopic (exact) mass is 400 g/mol. The molecule has 0 fully saturated rings. The van der Waals surface area contributed by atoms with Crippen molar-refractivity contribution in [1.29, 1.82) is 0 Å². The van der Waals surface area contributed by atoms with Crippen molar-refractivity contribution in [3.63, 3.8) is 0 Å². The van der Waals surface area contributed by atoms with Crippen molar-refractivity contribution < 1.29 is 9.53 Å². The summed E-state index contributed by atoms with van der Waals surface area (Å²) in [5.74, 6) is 0.905. The predicted octanol–water partition coefficient (Wildman–Crippen LogP) is 5.46. The van der Waals surface area contributed by atoms with Gasteiger partial charge in [-0.1, -0.05) is 61.5 Å². The molecule has 1 amide bonds. The fourth-order valence-electron chi connectivity index (χ4n) is 4.27. The van der Waals surface area contributed by atoms with Gasteiger partial charge in [-0.2, -0.15) is 0 Å². The van der Waals surface area contributed by atoms with Crippen LogP contribution >= 0.6 is 0 Å². The van der Waals surface area contributed by atoms with E-state index in [1.54, 1.807) is 0 Å². The fourth-order valence-corrected chi connectivity index (χ4v) is 4.27. The molecule has 4 nitrogen and oxygen atoms in total. The number of amides is 1. The van der Waals surface area contributed by atoms with E-state index in [9.17, 15) is 4.79 Å². The Balaban J connectivity index is 1.74. The number of para-hydroxylation sites is 1. The Morgan fingerprint density at radius 3 is 2.30 bits per heavy atom. The highest BCUT2D eigenvalue weighted by Gasteiger charge is 2.44. The standard InChI is InChI=1S/C26H28N2O2/c1-3-26(21-14-16-22(17-15-21)30-4-2)27-24-13-9-8-12-23(24)25(29)28(26)19-18-20-10-6-5-7-11-20/h5-17,27H,3-4,18-19H2,1-2H3. The number of benzene rings is 3. The van der Waals surface area contributed by atoms with E-state index >= 15 is 0 Å². The maximum absolute atomic E-state index is 13.6. The van der Waals surface area contributed by atoms with Gasteiger partial charge in [-0.3, -0.25) is 4.79 Å². The average Bonchev–Trinajstić information content (AvgIpc) is 2.80. The van der Waals surface area contributed by atoms with E-state index in [0.717, 1.165) is 35.4 Å². The summed E-state index contributed by atoms with van der Waals surface area (Å²) in [6, 6.07) is 26.2. The molecule has 3 aromatic rings. The molecule has 1 unspecified atom stereocenters. The van der Waals surface area contributed by atoms with Crippen LogP contribution in [0.2, 0.25) is 0 Å². The third-order valence-corrected chi connectivity index (χ3v) is 5.83. The largest absolute Gasteiger partial charge is 0.494 e. The molecule has 1 heterocycles. The van der Waals surface area contributed by atoms with Gasteiger partial charge in [-0.05, 0) is 55.2 Å². The zero-order chi connectivity index (χ0) is 21.0. The molecule has 0 bridgehead atoms. The highest BCUT2D eigenvalue weighted by Crippen LogP contribution is 2.40. The van der Waals surface area contributed by atoms with Crippen LogP contribution in [0.5, 0.6) is 5.75 Å². The first-order valence-electron chi connectivity index (χ1n) is 10.6. The van der Waals surface area contributed by atoms with Gasteiger partial charge in [0.1, 0.15) is 11.4 Å². The Kier molecular flexibility index (Phi) is 5.75. The molecule has 1 aliphatic heterocycles. The minimum absolute atomic E-state index is 0.0658. The van der Waals surface area contributed by atoms with Crippen molar-refractivity contribution in [3.05, 3.63) is 95.6 Å². The molecular weight excluding hydrogens is 372 g/mol. The molecular formula is C26H28N2O2. The molecule has 1 N–H and O–H groups in total. The van der Waals surface area contributed by atoms with Crippen molar-refractivity contribution >= 4 is 11.6 Å². The van der Waals surface area contributed by atoms with Crippen LogP contribution < -0.4 is 10.1 Å².